The molecule has 0 heterocycles. The predicted molar refractivity (Wildman–Crippen MR) is 140 cm³/mol. The van der Waals surface area contributed by atoms with Gasteiger partial charge in [0.2, 0.25) is 0 Å². The van der Waals surface area contributed by atoms with Crippen molar-refractivity contribution < 1.29 is 30.0 Å². The molecule has 6 heteroatoms. The van der Waals surface area contributed by atoms with Gasteiger partial charge < -0.3 is 20.4 Å². The maximum absolute atomic E-state index is 10.3. The highest BCUT2D eigenvalue weighted by Gasteiger charge is 2.11. The third kappa shape index (κ3) is 30.9. The first-order valence-electron chi connectivity index (χ1n) is 14.2. The van der Waals surface area contributed by atoms with Crippen molar-refractivity contribution in [2.75, 3.05) is 0 Å². The number of aliphatic hydroxyl groups excluding tert-OH is 2. The normalized spacial score (nSPS) is 12.6. The fourth-order valence-electron chi connectivity index (χ4n) is 3.90. The molecule has 4 N–H and O–H groups in total. The number of carbonyl (C=O) groups is 2. The number of rotatable bonds is 24. The van der Waals surface area contributed by atoms with E-state index < -0.39 is 18.0 Å². The lowest BCUT2D eigenvalue weighted by atomic mass is 10.0. The van der Waals surface area contributed by atoms with Crippen LogP contribution in [0.5, 0.6) is 0 Å². The molecule has 6 nitrogen and oxygen atoms in total. The van der Waals surface area contributed by atoms with Gasteiger partial charge in [0.15, 0.2) is 6.10 Å². The van der Waals surface area contributed by atoms with Crippen molar-refractivity contribution in [2.45, 2.75) is 167 Å². The Morgan fingerprint density at radius 3 is 1.35 bits per heavy atom. The van der Waals surface area contributed by atoms with Crippen LogP contribution < -0.4 is 0 Å². The molecule has 0 aliphatic rings. The van der Waals surface area contributed by atoms with E-state index in [-0.39, 0.29) is 6.10 Å². The summed E-state index contributed by atoms with van der Waals surface area (Å²) in [6.45, 7) is 4.37. The lowest BCUT2D eigenvalue weighted by Gasteiger charge is -2.09. The molecule has 0 aliphatic heterocycles. The van der Waals surface area contributed by atoms with Gasteiger partial charge in [-0.15, -0.1) is 0 Å². The first-order valence-corrected chi connectivity index (χ1v) is 14.2. The molecule has 34 heavy (non-hydrogen) atoms. The maximum Gasteiger partial charge on any atom is 0.332 e. The van der Waals surface area contributed by atoms with E-state index >= 15 is 0 Å². The second kappa shape index (κ2) is 28.1. The Labute approximate surface area is 209 Å². The molecule has 2 atom stereocenters. The minimum absolute atomic E-state index is 0.109. The van der Waals surface area contributed by atoms with Crippen LogP contribution in [0.15, 0.2) is 0 Å². The molecule has 0 rings (SSSR count). The van der Waals surface area contributed by atoms with Crippen LogP contribution in [0.2, 0.25) is 0 Å². The number of hydrogen-bond acceptors (Lipinski definition) is 4. The number of aliphatic hydroxyl groups is 2. The van der Waals surface area contributed by atoms with Crippen LogP contribution in [0.1, 0.15) is 155 Å². The molecule has 0 aromatic carbocycles. The molecule has 0 bridgehead atoms. The van der Waals surface area contributed by atoms with Gasteiger partial charge in [0.25, 0.3) is 0 Å². The molecule has 0 amide bonds. The quantitative estimate of drug-likeness (QED) is 0.105. The second-order valence-corrected chi connectivity index (χ2v) is 9.67. The molecule has 2 unspecified atom stereocenters. The molecule has 0 radical (unpaired) electrons. The molecular weight excluding hydrogens is 432 g/mol. The highest BCUT2D eigenvalue weighted by Crippen LogP contribution is 2.13. The van der Waals surface area contributed by atoms with Crippen molar-refractivity contribution in [3.8, 4) is 0 Å². The molecule has 0 saturated carbocycles. The van der Waals surface area contributed by atoms with Gasteiger partial charge in [-0.05, 0) is 25.7 Å². The molecule has 0 spiro atoms. The lowest BCUT2D eigenvalue weighted by Crippen LogP contribution is -2.18. The third-order valence-corrected chi connectivity index (χ3v) is 6.19. The standard InChI is InChI=1S/2C14H28O3/c1-2-3-10-13(15)11-8-6-4-5-7-9-12-14(16)17;1-2-3-4-5-6-7-8-9-10-11-12-13(15)14(16)17/h2*13,15H,2-12H2,1H3,(H,16,17). The van der Waals surface area contributed by atoms with Crippen LogP contribution >= 0.6 is 0 Å². The molecule has 0 aromatic heterocycles. The Morgan fingerprint density at radius 2 is 0.912 bits per heavy atom. The van der Waals surface area contributed by atoms with Crippen LogP contribution in [0.3, 0.4) is 0 Å². The molecule has 204 valence electrons. The van der Waals surface area contributed by atoms with Crippen LogP contribution in [-0.4, -0.2) is 44.6 Å². The summed E-state index contributed by atoms with van der Waals surface area (Å²) in [6, 6.07) is 0. The van der Waals surface area contributed by atoms with Crippen LogP contribution in [0.4, 0.5) is 0 Å². The third-order valence-electron chi connectivity index (χ3n) is 6.19. The Hall–Kier alpha value is -1.14. The van der Waals surface area contributed by atoms with Crippen molar-refractivity contribution in [2.24, 2.45) is 0 Å². The average molecular weight is 489 g/mol. The summed E-state index contributed by atoms with van der Waals surface area (Å²) in [4.78, 5) is 20.6. The minimum Gasteiger partial charge on any atom is -0.481 e. The maximum atomic E-state index is 10.3. The zero-order chi connectivity index (χ0) is 25.9. The Bertz CT molecular complexity index is 441. The monoisotopic (exact) mass is 488 g/mol. The fourth-order valence-corrected chi connectivity index (χ4v) is 3.90. The SMILES string of the molecule is CCCCC(O)CCCCCCCCC(=O)O.CCCCCCCCCCCCC(O)C(=O)O. The fraction of sp³-hybridized carbons (Fsp3) is 0.929. The van der Waals surface area contributed by atoms with E-state index in [4.69, 9.17) is 15.3 Å². The molecule has 0 aliphatic carbocycles. The van der Waals surface area contributed by atoms with Gasteiger partial charge in [-0.3, -0.25) is 4.79 Å². The van der Waals surface area contributed by atoms with Gasteiger partial charge >= 0.3 is 11.9 Å². The number of hydrogen-bond donors (Lipinski definition) is 4. The summed E-state index contributed by atoms with van der Waals surface area (Å²) in [5, 5.41) is 35.6. The average Bonchev–Trinajstić information content (AvgIpc) is 2.80. The number of carboxylic acids is 2. The van der Waals surface area contributed by atoms with E-state index in [2.05, 4.69) is 13.8 Å². The predicted octanol–water partition coefficient (Wildman–Crippen LogP) is 7.49. The van der Waals surface area contributed by atoms with Gasteiger partial charge in [0, 0.05) is 6.42 Å². The largest absolute Gasteiger partial charge is 0.481 e. The smallest absolute Gasteiger partial charge is 0.332 e. The number of unbranched alkanes of at least 4 members (excludes halogenated alkanes) is 15. The minimum atomic E-state index is -1.16. The zero-order valence-electron chi connectivity index (χ0n) is 22.3. The van der Waals surface area contributed by atoms with E-state index in [1.165, 1.54) is 57.8 Å². The second-order valence-electron chi connectivity index (χ2n) is 9.67. The van der Waals surface area contributed by atoms with Crippen molar-refractivity contribution in [3.05, 3.63) is 0 Å². The molecule has 0 saturated heterocycles. The first-order chi connectivity index (χ1) is 16.3. The van der Waals surface area contributed by atoms with E-state index in [0.717, 1.165) is 70.6 Å². The topological polar surface area (TPSA) is 115 Å². The van der Waals surface area contributed by atoms with E-state index in [1.807, 2.05) is 0 Å². The van der Waals surface area contributed by atoms with E-state index in [1.54, 1.807) is 0 Å². The van der Waals surface area contributed by atoms with Crippen LogP contribution in [-0.2, 0) is 9.59 Å². The van der Waals surface area contributed by atoms with Crippen LogP contribution in [0.25, 0.3) is 0 Å². The summed E-state index contributed by atoms with van der Waals surface area (Å²) in [7, 11) is 0. The van der Waals surface area contributed by atoms with Gasteiger partial charge in [-0.25, -0.2) is 4.79 Å². The Balaban J connectivity index is 0. The van der Waals surface area contributed by atoms with Crippen molar-refractivity contribution >= 4 is 11.9 Å². The Morgan fingerprint density at radius 1 is 0.529 bits per heavy atom. The highest BCUT2D eigenvalue weighted by atomic mass is 16.4. The molecular formula is C28H56O6. The zero-order valence-corrected chi connectivity index (χ0v) is 22.3. The summed E-state index contributed by atoms with van der Waals surface area (Å²) in [5.74, 6) is -1.79. The lowest BCUT2D eigenvalue weighted by molar-refractivity contribution is -0.147. The van der Waals surface area contributed by atoms with Gasteiger partial charge in [-0.1, -0.05) is 123 Å². The number of aliphatic carboxylic acids is 2. The van der Waals surface area contributed by atoms with Crippen molar-refractivity contribution in [1.29, 1.82) is 0 Å². The van der Waals surface area contributed by atoms with Crippen LogP contribution in [0, 0.1) is 0 Å². The van der Waals surface area contributed by atoms with Gasteiger partial charge in [-0.2, -0.15) is 0 Å². The van der Waals surface area contributed by atoms with E-state index in [9.17, 15) is 14.7 Å². The molecule has 0 fully saturated rings. The summed E-state index contributed by atoms with van der Waals surface area (Å²) < 4.78 is 0. The first kappa shape index (κ1) is 35.0. The number of carboxylic acid groups (broad SMARTS) is 2. The molecule has 0 aromatic rings. The van der Waals surface area contributed by atoms with Crippen molar-refractivity contribution in [3.63, 3.8) is 0 Å². The Kier molecular flexibility index (Phi) is 28.9. The summed E-state index contributed by atoms with van der Waals surface area (Å²) in [6.07, 6.45) is 22.2. The summed E-state index contributed by atoms with van der Waals surface area (Å²) in [5.41, 5.74) is 0. The van der Waals surface area contributed by atoms with Gasteiger partial charge in [0.05, 0.1) is 6.10 Å². The summed E-state index contributed by atoms with van der Waals surface area (Å²) >= 11 is 0. The van der Waals surface area contributed by atoms with Gasteiger partial charge in [0.1, 0.15) is 0 Å². The van der Waals surface area contributed by atoms with Crippen molar-refractivity contribution in [1.82, 2.24) is 0 Å². The highest BCUT2D eigenvalue weighted by molar-refractivity contribution is 5.71. The van der Waals surface area contributed by atoms with E-state index in [0.29, 0.717) is 12.8 Å².